The van der Waals surface area contributed by atoms with Crippen molar-refractivity contribution in [2.45, 2.75) is 72.8 Å². The summed E-state index contributed by atoms with van der Waals surface area (Å²) in [6, 6.07) is 8.98. The van der Waals surface area contributed by atoms with Crippen LogP contribution in [0.2, 0.25) is 0 Å². The van der Waals surface area contributed by atoms with Crippen molar-refractivity contribution in [3.63, 3.8) is 0 Å². The molecule has 1 aliphatic carbocycles. The molecule has 218 valence electrons. The molecule has 2 aliphatic rings. The summed E-state index contributed by atoms with van der Waals surface area (Å²) in [5, 5.41) is 24.9. The Morgan fingerprint density at radius 3 is 2.54 bits per heavy atom. The molecule has 2 atom stereocenters. The van der Waals surface area contributed by atoms with Crippen LogP contribution in [0.25, 0.3) is 0 Å². The normalized spacial score (nSPS) is 20.5. The molecule has 2 aromatic rings. The van der Waals surface area contributed by atoms with Gasteiger partial charge in [-0.1, -0.05) is 32.4 Å². The minimum Gasteiger partial charge on any atom is -0.505 e. The maximum absolute atomic E-state index is 13.7. The van der Waals surface area contributed by atoms with E-state index >= 15 is 0 Å². The van der Waals surface area contributed by atoms with Crippen LogP contribution in [0.15, 0.2) is 47.1 Å². The second kappa shape index (κ2) is 12.7. The minimum atomic E-state index is -0.809. The number of aryl methyl sites for hydroxylation is 1. The fourth-order valence-corrected chi connectivity index (χ4v) is 5.76. The molecule has 2 aromatic carbocycles. The maximum Gasteiger partial charge on any atom is 0.306 e. The van der Waals surface area contributed by atoms with E-state index in [1.165, 1.54) is 6.08 Å². The zero-order valence-electron chi connectivity index (χ0n) is 24.5. The van der Waals surface area contributed by atoms with Crippen molar-refractivity contribution in [1.82, 2.24) is 4.90 Å². The number of aromatic hydroxyl groups is 1. The van der Waals surface area contributed by atoms with E-state index in [4.69, 9.17) is 0 Å². The van der Waals surface area contributed by atoms with Crippen molar-refractivity contribution in [3.05, 3.63) is 64.2 Å². The van der Waals surface area contributed by atoms with Crippen LogP contribution in [0.3, 0.4) is 0 Å². The van der Waals surface area contributed by atoms with Crippen molar-refractivity contribution < 1.29 is 24.6 Å². The number of hydrogen-bond acceptors (Lipinski definition) is 7. The van der Waals surface area contributed by atoms with E-state index in [-0.39, 0.29) is 17.4 Å². The van der Waals surface area contributed by atoms with Crippen LogP contribution in [0, 0.1) is 19.8 Å². The molecular weight excluding hydrogens is 520 g/mol. The number of amides is 2. The number of carbonyl (C=O) groups excluding carboxylic acids is 2. The number of carbonyl (C=O) groups is 3. The maximum atomic E-state index is 13.7. The summed E-state index contributed by atoms with van der Waals surface area (Å²) in [5.74, 6) is -2.32. The van der Waals surface area contributed by atoms with Gasteiger partial charge in [-0.15, -0.1) is 0 Å². The average Bonchev–Trinajstić information content (AvgIpc) is 2.94. The molecule has 9 nitrogen and oxygen atoms in total. The van der Waals surface area contributed by atoms with E-state index in [2.05, 4.69) is 29.3 Å². The van der Waals surface area contributed by atoms with E-state index in [1.54, 1.807) is 25.1 Å². The van der Waals surface area contributed by atoms with Crippen LogP contribution in [-0.2, 0) is 20.9 Å². The Balaban J connectivity index is 1.62. The molecule has 0 saturated heterocycles. The van der Waals surface area contributed by atoms with Gasteiger partial charge >= 0.3 is 5.97 Å². The van der Waals surface area contributed by atoms with Gasteiger partial charge in [-0.25, -0.2) is 4.90 Å². The number of phenols is 1. The second-order valence-corrected chi connectivity index (χ2v) is 11.0. The molecule has 1 heterocycles. The molecule has 1 aliphatic heterocycles. The van der Waals surface area contributed by atoms with E-state index in [0.717, 1.165) is 47.5 Å². The molecule has 0 aromatic heterocycles. The molecule has 0 radical (unpaired) electrons. The average molecular weight is 561 g/mol. The first-order valence-corrected chi connectivity index (χ1v) is 14.3. The van der Waals surface area contributed by atoms with Gasteiger partial charge in [0.2, 0.25) is 0 Å². The molecule has 0 bridgehead atoms. The van der Waals surface area contributed by atoms with Gasteiger partial charge in [-0.05, 0) is 105 Å². The Hall–Kier alpha value is -3.98. The van der Waals surface area contributed by atoms with E-state index in [9.17, 15) is 24.6 Å². The lowest BCUT2D eigenvalue weighted by Crippen LogP contribution is -2.45. The van der Waals surface area contributed by atoms with Gasteiger partial charge in [0.1, 0.15) is 5.75 Å². The van der Waals surface area contributed by atoms with Crippen molar-refractivity contribution in [3.8, 4) is 5.75 Å². The van der Waals surface area contributed by atoms with Gasteiger partial charge in [-0.3, -0.25) is 24.7 Å². The van der Waals surface area contributed by atoms with Crippen LogP contribution in [-0.4, -0.2) is 51.7 Å². The van der Waals surface area contributed by atoms with E-state index in [0.29, 0.717) is 41.9 Å². The molecule has 3 N–H and O–H groups in total. The SMILES string of the molecule is CCN(CC)Cc1cc(N2C(=O)C=C(C)C(=NNc3cccc(C4CCCC(C(=O)O)C4)c3O)C2=O)cc(C)c1C. The smallest absolute Gasteiger partial charge is 0.306 e. The first-order valence-electron chi connectivity index (χ1n) is 14.3. The molecule has 4 rings (SSSR count). The number of hydrazone groups is 1. The predicted octanol–water partition coefficient (Wildman–Crippen LogP) is 5.50. The zero-order chi connectivity index (χ0) is 29.8. The van der Waals surface area contributed by atoms with E-state index in [1.807, 2.05) is 26.0 Å². The van der Waals surface area contributed by atoms with Gasteiger partial charge in [0, 0.05) is 12.6 Å². The van der Waals surface area contributed by atoms with Crippen molar-refractivity contribution in [2.24, 2.45) is 11.0 Å². The van der Waals surface area contributed by atoms with Gasteiger partial charge in [0.25, 0.3) is 11.8 Å². The highest BCUT2D eigenvalue weighted by atomic mass is 16.4. The number of nitrogens with one attached hydrogen (secondary N) is 1. The number of benzene rings is 2. The zero-order valence-corrected chi connectivity index (χ0v) is 24.5. The molecule has 1 fully saturated rings. The Kier molecular flexibility index (Phi) is 9.28. The minimum absolute atomic E-state index is 0.0130. The summed E-state index contributed by atoms with van der Waals surface area (Å²) >= 11 is 0. The number of anilines is 2. The number of rotatable bonds is 9. The quantitative estimate of drug-likeness (QED) is 0.210. The van der Waals surface area contributed by atoms with Gasteiger partial charge in [0.05, 0.1) is 17.3 Å². The van der Waals surface area contributed by atoms with Crippen molar-refractivity contribution >= 4 is 34.9 Å². The third kappa shape index (κ3) is 6.35. The van der Waals surface area contributed by atoms with Gasteiger partial charge in [0.15, 0.2) is 5.71 Å². The monoisotopic (exact) mass is 560 g/mol. The fraction of sp³-hybridized carbons (Fsp3) is 0.438. The lowest BCUT2D eigenvalue weighted by molar-refractivity contribution is -0.143. The highest BCUT2D eigenvalue weighted by Crippen LogP contribution is 2.42. The lowest BCUT2D eigenvalue weighted by Gasteiger charge is -2.28. The first kappa shape index (κ1) is 30.0. The van der Waals surface area contributed by atoms with Crippen LogP contribution in [0.4, 0.5) is 11.4 Å². The topological polar surface area (TPSA) is 123 Å². The summed E-state index contributed by atoms with van der Waals surface area (Å²) in [6.45, 7) is 12.4. The number of para-hydroxylation sites is 1. The van der Waals surface area contributed by atoms with Crippen molar-refractivity contribution in [1.29, 1.82) is 0 Å². The number of phenolic OH excluding ortho intramolecular Hbond substituents is 1. The number of carboxylic acid groups (broad SMARTS) is 1. The highest BCUT2D eigenvalue weighted by molar-refractivity contribution is 6.56. The predicted molar refractivity (Wildman–Crippen MR) is 160 cm³/mol. The summed E-state index contributed by atoms with van der Waals surface area (Å²) < 4.78 is 0. The third-order valence-electron chi connectivity index (χ3n) is 8.46. The molecule has 41 heavy (non-hydrogen) atoms. The Morgan fingerprint density at radius 1 is 1.12 bits per heavy atom. The number of aliphatic carboxylic acids is 1. The molecule has 2 unspecified atom stereocenters. The molecule has 0 spiro atoms. The fourth-order valence-electron chi connectivity index (χ4n) is 5.76. The number of carboxylic acids is 1. The molecule has 1 saturated carbocycles. The van der Waals surface area contributed by atoms with Gasteiger partial charge in [-0.2, -0.15) is 5.10 Å². The second-order valence-electron chi connectivity index (χ2n) is 11.0. The lowest BCUT2D eigenvalue weighted by atomic mass is 9.77. The molecule has 9 heteroatoms. The summed E-state index contributed by atoms with van der Waals surface area (Å²) in [7, 11) is 0. The number of hydrogen-bond donors (Lipinski definition) is 3. The number of nitrogens with zero attached hydrogens (tertiary/aromatic N) is 3. The van der Waals surface area contributed by atoms with Gasteiger partial charge < -0.3 is 10.2 Å². The third-order valence-corrected chi connectivity index (χ3v) is 8.46. The van der Waals surface area contributed by atoms with Crippen LogP contribution < -0.4 is 10.3 Å². The van der Waals surface area contributed by atoms with Crippen molar-refractivity contribution in [2.75, 3.05) is 23.4 Å². The molecular formula is C32H40N4O5. The van der Waals surface area contributed by atoms with E-state index < -0.39 is 23.7 Å². The van der Waals surface area contributed by atoms with Crippen LogP contribution in [0.1, 0.15) is 74.6 Å². The van der Waals surface area contributed by atoms with Crippen LogP contribution in [0.5, 0.6) is 5.75 Å². The largest absolute Gasteiger partial charge is 0.505 e. The standard InChI is InChI=1S/C32H40N4O5/c1-6-35(7-2)18-24-17-25(14-19(3)21(24)5)36-28(37)15-20(4)29(31(36)39)34-33-27-13-9-12-26(30(27)38)22-10-8-11-23(16-22)32(40)41/h9,12-15,17,22-23,33,38H,6-8,10-11,16,18H2,1-5H3,(H,40,41). The Labute approximate surface area is 241 Å². The van der Waals surface area contributed by atoms with Crippen LogP contribution >= 0.6 is 0 Å². The summed E-state index contributed by atoms with van der Waals surface area (Å²) in [5.41, 5.74) is 7.97. The summed E-state index contributed by atoms with van der Waals surface area (Å²) in [6.07, 6.45) is 4.06. The number of imide groups is 1. The Bertz CT molecular complexity index is 1410. The Morgan fingerprint density at radius 2 is 1.85 bits per heavy atom. The highest BCUT2D eigenvalue weighted by Gasteiger charge is 2.33. The molecule has 2 amide bonds. The first-order chi connectivity index (χ1) is 19.5. The summed E-state index contributed by atoms with van der Waals surface area (Å²) in [4.78, 5) is 41.7.